The summed E-state index contributed by atoms with van der Waals surface area (Å²) in [5, 5.41) is 14.4. The number of oxime groups is 1. The molecule has 1 aliphatic heterocycles. The molecule has 1 fully saturated rings. The van der Waals surface area contributed by atoms with Gasteiger partial charge in [0.25, 0.3) is 5.69 Å². The van der Waals surface area contributed by atoms with Crippen molar-refractivity contribution in [2.45, 2.75) is 0 Å². The van der Waals surface area contributed by atoms with E-state index in [2.05, 4.69) is 10.1 Å². The highest BCUT2D eigenvalue weighted by molar-refractivity contribution is 5.80. The number of morpholine rings is 1. The molecule has 0 aromatic heterocycles. The minimum Gasteiger partial charge on any atom is -0.394 e. The molecule has 1 heterocycles. The number of nitro groups is 1. The van der Waals surface area contributed by atoms with Crippen LogP contribution in [-0.2, 0) is 9.57 Å². The highest BCUT2D eigenvalue weighted by Gasteiger charge is 2.09. The van der Waals surface area contributed by atoms with E-state index in [1.807, 2.05) is 0 Å². The number of non-ortho nitro benzene ring substituents is 1. The summed E-state index contributed by atoms with van der Waals surface area (Å²) in [6, 6.07) is 6.25. The van der Waals surface area contributed by atoms with Crippen molar-refractivity contribution in [1.29, 1.82) is 0 Å². The summed E-state index contributed by atoms with van der Waals surface area (Å²) < 4.78 is 5.25. The maximum Gasteiger partial charge on any atom is 0.270 e. The topological polar surface area (TPSA) is 77.2 Å². The molecule has 0 amide bonds. The summed E-state index contributed by atoms with van der Waals surface area (Å²) >= 11 is 0. The smallest absolute Gasteiger partial charge is 0.270 e. The van der Waals surface area contributed by atoms with Gasteiger partial charge in [0.2, 0.25) is 0 Å². The van der Waals surface area contributed by atoms with Crippen LogP contribution in [0.3, 0.4) is 0 Å². The molecule has 0 aliphatic carbocycles. The molecule has 0 spiro atoms. The number of rotatable bonds is 6. The zero-order valence-corrected chi connectivity index (χ0v) is 11.1. The van der Waals surface area contributed by atoms with Gasteiger partial charge >= 0.3 is 0 Å². The van der Waals surface area contributed by atoms with Crippen LogP contribution in [0.25, 0.3) is 0 Å². The van der Waals surface area contributed by atoms with Crippen molar-refractivity contribution in [3.63, 3.8) is 0 Å². The molecule has 2 rings (SSSR count). The second-order valence-electron chi connectivity index (χ2n) is 4.37. The molecule has 0 radical (unpaired) electrons. The van der Waals surface area contributed by atoms with Gasteiger partial charge in [0, 0.05) is 37.3 Å². The lowest BCUT2D eigenvalue weighted by atomic mass is 10.2. The first-order chi connectivity index (χ1) is 9.75. The SMILES string of the molecule is O=[N+]([O-])c1cccc(/C=N/OCCN2CCOCC2)c1. The van der Waals surface area contributed by atoms with Crippen LogP contribution in [0.2, 0.25) is 0 Å². The van der Waals surface area contributed by atoms with Gasteiger partial charge in [-0.3, -0.25) is 15.0 Å². The minimum absolute atomic E-state index is 0.0438. The van der Waals surface area contributed by atoms with Crippen molar-refractivity contribution < 1.29 is 14.5 Å². The van der Waals surface area contributed by atoms with E-state index < -0.39 is 4.92 Å². The van der Waals surface area contributed by atoms with E-state index in [1.165, 1.54) is 18.3 Å². The van der Waals surface area contributed by atoms with Crippen molar-refractivity contribution in [3.8, 4) is 0 Å². The predicted octanol–water partition coefficient (Wildman–Crippen LogP) is 1.28. The van der Waals surface area contributed by atoms with E-state index in [9.17, 15) is 10.1 Å². The first-order valence-electron chi connectivity index (χ1n) is 6.45. The van der Waals surface area contributed by atoms with Crippen LogP contribution >= 0.6 is 0 Å². The highest BCUT2D eigenvalue weighted by Crippen LogP contribution is 2.11. The average Bonchev–Trinajstić information content (AvgIpc) is 2.48. The molecule has 0 bridgehead atoms. The molecule has 1 saturated heterocycles. The van der Waals surface area contributed by atoms with Crippen molar-refractivity contribution >= 4 is 11.9 Å². The van der Waals surface area contributed by atoms with Crippen molar-refractivity contribution in [2.75, 3.05) is 39.5 Å². The van der Waals surface area contributed by atoms with Gasteiger partial charge in [-0.2, -0.15) is 0 Å². The summed E-state index contributed by atoms with van der Waals surface area (Å²) in [7, 11) is 0. The van der Waals surface area contributed by atoms with Crippen molar-refractivity contribution in [2.24, 2.45) is 5.16 Å². The van der Waals surface area contributed by atoms with Crippen LogP contribution in [0.4, 0.5) is 5.69 Å². The Morgan fingerprint density at radius 3 is 3.00 bits per heavy atom. The lowest BCUT2D eigenvalue weighted by Crippen LogP contribution is -2.38. The summed E-state index contributed by atoms with van der Waals surface area (Å²) in [5.41, 5.74) is 0.688. The Bertz CT molecular complexity index is 472. The van der Waals surface area contributed by atoms with Crippen LogP contribution in [0.1, 0.15) is 5.56 Å². The summed E-state index contributed by atoms with van der Waals surface area (Å²) in [6.07, 6.45) is 1.48. The molecule has 0 N–H and O–H groups in total. The average molecular weight is 279 g/mol. The van der Waals surface area contributed by atoms with Crippen LogP contribution in [0.5, 0.6) is 0 Å². The predicted molar refractivity (Wildman–Crippen MR) is 73.9 cm³/mol. The van der Waals surface area contributed by atoms with Gasteiger partial charge < -0.3 is 9.57 Å². The molecule has 1 aromatic rings. The number of ether oxygens (including phenoxy) is 1. The third kappa shape index (κ3) is 4.60. The van der Waals surface area contributed by atoms with Crippen molar-refractivity contribution in [3.05, 3.63) is 39.9 Å². The fraction of sp³-hybridized carbons (Fsp3) is 0.462. The number of hydrogen-bond donors (Lipinski definition) is 0. The summed E-state index contributed by atoms with van der Waals surface area (Å²) in [6.45, 7) is 4.64. The zero-order chi connectivity index (χ0) is 14.2. The molecule has 0 unspecified atom stereocenters. The Hall–Kier alpha value is -1.99. The Balaban J connectivity index is 1.72. The van der Waals surface area contributed by atoms with Gasteiger partial charge in [-0.15, -0.1) is 0 Å². The summed E-state index contributed by atoms with van der Waals surface area (Å²) in [5.74, 6) is 0. The first-order valence-corrected chi connectivity index (χ1v) is 6.45. The third-order valence-corrected chi connectivity index (χ3v) is 2.96. The largest absolute Gasteiger partial charge is 0.394 e. The standard InChI is InChI=1S/C13H17N3O4/c17-16(18)13-3-1-2-12(10-13)11-14-20-9-6-15-4-7-19-8-5-15/h1-3,10-11H,4-9H2/b14-11+. The van der Waals surface area contributed by atoms with Gasteiger partial charge in [0.05, 0.1) is 24.4 Å². The van der Waals surface area contributed by atoms with E-state index >= 15 is 0 Å². The molecular weight excluding hydrogens is 262 g/mol. The maximum atomic E-state index is 10.6. The van der Waals surface area contributed by atoms with Gasteiger partial charge in [-0.25, -0.2) is 0 Å². The highest BCUT2D eigenvalue weighted by atomic mass is 16.6. The second-order valence-corrected chi connectivity index (χ2v) is 4.37. The lowest BCUT2D eigenvalue weighted by molar-refractivity contribution is -0.384. The second kappa shape index (κ2) is 7.56. The molecular formula is C13H17N3O4. The number of hydrogen-bond acceptors (Lipinski definition) is 6. The van der Waals surface area contributed by atoms with Crippen LogP contribution in [-0.4, -0.2) is 55.5 Å². The first kappa shape index (κ1) is 14.4. The van der Waals surface area contributed by atoms with E-state index in [0.29, 0.717) is 12.2 Å². The lowest BCUT2D eigenvalue weighted by Gasteiger charge is -2.25. The molecule has 0 saturated carbocycles. The van der Waals surface area contributed by atoms with Gasteiger partial charge in [0.15, 0.2) is 0 Å². The molecule has 1 aliphatic rings. The summed E-state index contributed by atoms with van der Waals surface area (Å²) in [4.78, 5) is 17.6. The Labute approximate surface area is 116 Å². The molecule has 7 heteroatoms. The Morgan fingerprint density at radius 2 is 2.25 bits per heavy atom. The fourth-order valence-electron chi connectivity index (χ4n) is 1.86. The fourth-order valence-corrected chi connectivity index (χ4v) is 1.86. The van der Waals surface area contributed by atoms with Gasteiger partial charge in [0.1, 0.15) is 6.61 Å². The normalized spacial score (nSPS) is 16.4. The molecule has 20 heavy (non-hydrogen) atoms. The van der Waals surface area contributed by atoms with E-state index in [-0.39, 0.29) is 5.69 Å². The Morgan fingerprint density at radius 1 is 1.45 bits per heavy atom. The van der Waals surface area contributed by atoms with Crippen LogP contribution < -0.4 is 0 Å². The third-order valence-electron chi connectivity index (χ3n) is 2.96. The van der Waals surface area contributed by atoms with E-state index in [0.717, 1.165) is 32.8 Å². The molecule has 7 nitrogen and oxygen atoms in total. The monoisotopic (exact) mass is 279 g/mol. The van der Waals surface area contributed by atoms with Gasteiger partial charge in [-0.05, 0) is 0 Å². The van der Waals surface area contributed by atoms with Crippen molar-refractivity contribution in [1.82, 2.24) is 4.90 Å². The molecule has 0 atom stereocenters. The van der Waals surface area contributed by atoms with Crippen LogP contribution in [0.15, 0.2) is 29.4 Å². The minimum atomic E-state index is -0.434. The quantitative estimate of drug-likeness (QED) is 0.339. The van der Waals surface area contributed by atoms with Gasteiger partial charge in [-0.1, -0.05) is 17.3 Å². The molecule has 108 valence electrons. The number of benzene rings is 1. The number of nitrogens with zero attached hydrogens (tertiary/aromatic N) is 3. The Kier molecular flexibility index (Phi) is 5.45. The zero-order valence-electron chi connectivity index (χ0n) is 11.1. The van der Waals surface area contributed by atoms with E-state index in [1.54, 1.807) is 12.1 Å². The number of nitro benzene ring substituents is 1. The maximum absolute atomic E-state index is 10.6. The molecule has 1 aromatic carbocycles. The van der Waals surface area contributed by atoms with Crippen LogP contribution in [0, 0.1) is 10.1 Å². The van der Waals surface area contributed by atoms with E-state index in [4.69, 9.17) is 9.57 Å².